The molecule has 2 aliphatic rings. The smallest absolute Gasteiger partial charge is 0.0385 e. The normalized spacial score (nSPS) is 38.1. The molecular weight excluding hydrogens is 234 g/mol. The van der Waals surface area contributed by atoms with E-state index in [2.05, 4.69) is 37.6 Å². The van der Waals surface area contributed by atoms with Gasteiger partial charge in [-0.05, 0) is 45.2 Å². The van der Waals surface area contributed by atoms with E-state index in [9.17, 15) is 0 Å². The topological polar surface area (TPSA) is 32.5 Å². The summed E-state index contributed by atoms with van der Waals surface area (Å²) in [6.07, 6.45) is 6.60. The number of nitrogens with zero attached hydrogens (tertiary/aromatic N) is 2. The molecule has 2 unspecified atom stereocenters. The number of hydrogen-bond acceptors (Lipinski definition) is 3. The van der Waals surface area contributed by atoms with Crippen molar-refractivity contribution < 1.29 is 0 Å². The van der Waals surface area contributed by atoms with E-state index in [0.29, 0.717) is 11.5 Å². The summed E-state index contributed by atoms with van der Waals surface area (Å²) in [5.41, 5.74) is 6.90. The number of nitrogens with two attached hydrogens (primary N) is 1. The van der Waals surface area contributed by atoms with Crippen molar-refractivity contribution in [2.24, 2.45) is 11.1 Å². The Morgan fingerprint density at radius 3 is 2.42 bits per heavy atom. The average Bonchev–Trinajstić information content (AvgIpc) is 2.51. The van der Waals surface area contributed by atoms with Crippen LogP contribution in [0.5, 0.6) is 0 Å². The molecule has 0 spiro atoms. The first-order valence-corrected chi connectivity index (χ1v) is 8.08. The van der Waals surface area contributed by atoms with Crippen LogP contribution in [0.2, 0.25) is 0 Å². The summed E-state index contributed by atoms with van der Waals surface area (Å²) in [6.45, 7) is 11.7. The van der Waals surface area contributed by atoms with Crippen LogP contribution in [0.4, 0.5) is 0 Å². The van der Waals surface area contributed by atoms with Crippen molar-refractivity contribution in [3.63, 3.8) is 0 Å². The van der Waals surface area contributed by atoms with Crippen molar-refractivity contribution in [1.82, 2.24) is 9.80 Å². The molecule has 2 N–H and O–H groups in total. The van der Waals surface area contributed by atoms with Crippen LogP contribution in [0.15, 0.2) is 0 Å². The minimum Gasteiger partial charge on any atom is -0.329 e. The van der Waals surface area contributed by atoms with Crippen LogP contribution in [0, 0.1) is 5.41 Å². The fourth-order valence-corrected chi connectivity index (χ4v) is 4.59. The van der Waals surface area contributed by atoms with Gasteiger partial charge in [0.05, 0.1) is 0 Å². The molecule has 0 bridgehead atoms. The molecule has 1 heterocycles. The highest BCUT2D eigenvalue weighted by Gasteiger charge is 2.50. The van der Waals surface area contributed by atoms with Crippen LogP contribution in [0.25, 0.3) is 0 Å². The lowest BCUT2D eigenvalue weighted by molar-refractivity contribution is -0.0622. The lowest BCUT2D eigenvalue weighted by atomic mass is 9.61. The third-order valence-electron chi connectivity index (χ3n) is 5.84. The van der Waals surface area contributed by atoms with Crippen LogP contribution >= 0.6 is 0 Å². The van der Waals surface area contributed by atoms with Gasteiger partial charge in [0, 0.05) is 31.2 Å². The summed E-state index contributed by atoms with van der Waals surface area (Å²) in [7, 11) is 2.25. The van der Waals surface area contributed by atoms with Crippen molar-refractivity contribution in [3.8, 4) is 0 Å². The van der Waals surface area contributed by atoms with E-state index in [1.54, 1.807) is 0 Å². The largest absolute Gasteiger partial charge is 0.329 e. The Kier molecular flexibility index (Phi) is 4.59. The van der Waals surface area contributed by atoms with Gasteiger partial charge in [-0.1, -0.05) is 26.7 Å². The van der Waals surface area contributed by atoms with Gasteiger partial charge < -0.3 is 10.6 Å². The molecule has 0 aromatic rings. The van der Waals surface area contributed by atoms with Crippen molar-refractivity contribution in [1.29, 1.82) is 0 Å². The Morgan fingerprint density at radius 2 is 1.79 bits per heavy atom. The Hall–Kier alpha value is -0.120. The van der Waals surface area contributed by atoms with Crippen LogP contribution in [-0.2, 0) is 0 Å². The van der Waals surface area contributed by atoms with E-state index in [-0.39, 0.29) is 5.54 Å². The van der Waals surface area contributed by atoms with Crippen LogP contribution < -0.4 is 5.73 Å². The molecule has 1 aliphatic carbocycles. The lowest BCUT2D eigenvalue weighted by Gasteiger charge is -2.57. The second-order valence-electron chi connectivity index (χ2n) is 7.48. The van der Waals surface area contributed by atoms with E-state index in [1.807, 2.05) is 0 Å². The Bertz CT molecular complexity index is 302. The summed E-state index contributed by atoms with van der Waals surface area (Å²) in [5.74, 6) is 0. The minimum absolute atomic E-state index is 0.218. The maximum absolute atomic E-state index is 6.34. The van der Waals surface area contributed by atoms with Crippen LogP contribution in [0.1, 0.15) is 52.9 Å². The monoisotopic (exact) mass is 267 g/mol. The standard InChI is InChI=1S/C16H33N3/c1-14-12-18(4)10-7-11-19(14)16(13-17)9-6-5-8-15(16,2)3/h14H,5-13,17H2,1-4H3. The molecule has 2 fully saturated rings. The van der Waals surface area contributed by atoms with E-state index in [1.165, 1.54) is 51.7 Å². The predicted molar refractivity (Wildman–Crippen MR) is 82.3 cm³/mol. The second kappa shape index (κ2) is 5.71. The fourth-order valence-electron chi connectivity index (χ4n) is 4.59. The second-order valence-corrected chi connectivity index (χ2v) is 7.48. The van der Waals surface area contributed by atoms with Gasteiger partial charge >= 0.3 is 0 Å². The van der Waals surface area contributed by atoms with Crippen molar-refractivity contribution in [2.75, 3.05) is 33.2 Å². The molecular formula is C16H33N3. The summed E-state index contributed by atoms with van der Waals surface area (Å²) < 4.78 is 0. The first kappa shape index (κ1) is 15.3. The van der Waals surface area contributed by atoms with Gasteiger partial charge in [-0.25, -0.2) is 0 Å². The molecule has 3 heteroatoms. The molecule has 19 heavy (non-hydrogen) atoms. The van der Waals surface area contributed by atoms with Crippen molar-refractivity contribution in [2.45, 2.75) is 64.5 Å². The van der Waals surface area contributed by atoms with Gasteiger partial charge in [0.25, 0.3) is 0 Å². The van der Waals surface area contributed by atoms with Gasteiger partial charge in [0.15, 0.2) is 0 Å². The maximum atomic E-state index is 6.34. The molecule has 112 valence electrons. The van der Waals surface area contributed by atoms with Gasteiger partial charge in [0.1, 0.15) is 0 Å². The SMILES string of the molecule is CC1CN(C)CCCN1C1(CN)CCCCC1(C)C. The fraction of sp³-hybridized carbons (Fsp3) is 1.00. The van der Waals surface area contributed by atoms with Crippen LogP contribution in [0.3, 0.4) is 0 Å². The zero-order valence-electron chi connectivity index (χ0n) is 13.4. The molecule has 0 radical (unpaired) electrons. The van der Waals surface area contributed by atoms with Crippen molar-refractivity contribution >= 4 is 0 Å². The summed E-state index contributed by atoms with van der Waals surface area (Å²) in [5, 5.41) is 0. The van der Waals surface area contributed by atoms with Gasteiger partial charge in [-0.2, -0.15) is 0 Å². The summed E-state index contributed by atoms with van der Waals surface area (Å²) in [6, 6.07) is 0.619. The third-order valence-corrected chi connectivity index (χ3v) is 5.84. The average molecular weight is 267 g/mol. The predicted octanol–water partition coefficient (Wildman–Crippen LogP) is 2.31. The highest BCUT2D eigenvalue weighted by molar-refractivity contribution is 5.06. The summed E-state index contributed by atoms with van der Waals surface area (Å²) in [4.78, 5) is 5.25. The molecule has 0 aromatic heterocycles. The van der Waals surface area contributed by atoms with Crippen LogP contribution in [-0.4, -0.2) is 54.6 Å². The molecule has 1 aliphatic heterocycles. The van der Waals surface area contributed by atoms with E-state index in [0.717, 1.165) is 6.54 Å². The first-order chi connectivity index (χ1) is 8.93. The van der Waals surface area contributed by atoms with Crippen molar-refractivity contribution in [3.05, 3.63) is 0 Å². The van der Waals surface area contributed by atoms with E-state index < -0.39 is 0 Å². The summed E-state index contributed by atoms with van der Waals surface area (Å²) >= 11 is 0. The Balaban J connectivity index is 2.28. The molecule has 0 amide bonds. The third kappa shape index (κ3) is 2.70. The zero-order valence-corrected chi connectivity index (χ0v) is 13.4. The van der Waals surface area contributed by atoms with Gasteiger partial charge in [-0.3, -0.25) is 4.90 Å². The zero-order chi connectivity index (χ0) is 14.1. The molecule has 0 aromatic carbocycles. The number of rotatable bonds is 2. The molecule has 2 atom stereocenters. The number of likely N-dealkylation sites (N-methyl/N-ethyl adjacent to an activating group) is 1. The maximum Gasteiger partial charge on any atom is 0.0385 e. The lowest BCUT2D eigenvalue weighted by Crippen LogP contribution is -2.66. The highest BCUT2D eigenvalue weighted by Crippen LogP contribution is 2.48. The highest BCUT2D eigenvalue weighted by atomic mass is 15.3. The quantitative estimate of drug-likeness (QED) is 0.833. The van der Waals surface area contributed by atoms with E-state index >= 15 is 0 Å². The molecule has 1 saturated heterocycles. The van der Waals surface area contributed by atoms with Gasteiger partial charge in [0.2, 0.25) is 0 Å². The minimum atomic E-state index is 0.218. The first-order valence-electron chi connectivity index (χ1n) is 8.08. The molecule has 1 saturated carbocycles. The molecule has 3 nitrogen and oxygen atoms in total. The number of hydrogen-bond donors (Lipinski definition) is 1. The molecule has 2 rings (SSSR count). The van der Waals surface area contributed by atoms with Gasteiger partial charge in [-0.15, -0.1) is 0 Å². The Labute approximate surface area is 119 Å². The Morgan fingerprint density at radius 1 is 1.11 bits per heavy atom. The van der Waals surface area contributed by atoms with E-state index in [4.69, 9.17) is 5.73 Å².